The Labute approximate surface area is 273 Å². The number of nitrogens with zero attached hydrogens (tertiary/aromatic N) is 3. The van der Waals surface area contributed by atoms with E-state index in [0.29, 0.717) is 34.7 Å². The topological polar surface area (TPSA) is 57.1 Å². The first-order chi connectivity index (χ1) is 23.0. The number of fused-ring (bicyclic) bond motifs is 6. The number of ether oxygens (including phenoxy) is 2. The maximum Gasteiger partial charge on any atom is 0.178 e. The van der Waals surface area contributed by atoms with E-state index in [9.17, 15) is 0 Å². The third kappa shape index (κ3) is 4.43. The Morgan fingerprint density at radius 2 is 1.00 bits per heavy atom. The van der Waals surface area contributed by atoms with Crippen molar-refractivity contribution in [3.63, 3.8) is 0 Å². The van der Waals surface area contributed by atoms with Gasteiger partial charge in [-0.25, -0.2) is 15.0 Å². The van der Waals surface area contributed by atoms with Crippen LogP contribution in [0.1, 0.15) is 25.0 Å². The van der Waals surface area contributed by atoms with Gasteiger partial charge in [-0.2, -0.15) is 0 Å². The zero-order valence-electron chi connectivity index (χ0n) is 25.9. The third-order valence-electron chi connectivity index (χ3n) is 9.22. The number of hydrogen-bond acceptors (Lipinski definition) is 5. The predicted octanol–water partition coefficient (Wildman–Crippen LogP) is 10.7. The number of hydrogen-bond donors (Lipinski definition) is 0. The Morgan fingerprint density at radius 1 is 0.426 bits per heavy atom. The fourth-order valence-electron chi connectivity index (χ4n) is 6.85. The molecule has 0 unspecified atom stereocenters. The van der Waals surface area contributed by atoms with E-state index in [2.05, 4.69) is 62.4 Å². The van der Waals surface area contributed by atoms with Crippen molar-refractivity contribution >= 4 is 0 Å². The van der Waals surface area contributed by atoms with Crippen molar-refractivity contribution in [2.24, 2.45) is 0 Å². The zero-order valence-corrected chi connectivity index (χ0v) is 25.9. The molecule has 5 heteroatoms. The van der Waals surface area contributed by atoms with Gasteiger partial charge in [-0.1, -0.05) is 135 Å². The molecule has 0 radical (unpaired) electrons. The van der Waals surface area contributed by atoms with Gasteiger partial charge in [-0.05, 0) is 46.0 Å². The Bertz CT molecular complexity index is 2270. The molecule has 1 aromatic heterocycles. The Hall–Kier alpha value is -6.07. The predicted molar refractivity (Wildman–Crippen MR) is 186 cm³/mol. The molecular weight excluding hydrogens is 578 g/mol. The van der Waals surface area contributed by atoms with E-state index in [0.717, 1.165) is 39.1 Å². The van der Waals surface area contributed by atoms with Crippen LogP contribution < -0.4 is 9.47 Å². The van der Waals surface area contributed by atoms with Gasteiger partial charge in [0.2, 0.25) is 0 Å². The summed E-state index contributed by atoms with van der Waals surface area (Å²) in [6, 6.07) is 47.1. The summed E-state index contributed by atoms with van der Waals surface area (Å²) in [5.41, 5.74) is 9.46. The molecule has 0 amide bonds. The molecule has 0 bridgehead atoms. The van der Waals surface area contributed by atoms with Crippen molar-refractivity contribution in [1.82, 2.24) is 15.0 Å². The highest BCUT2D eigenvalue weighted by Gasteiger charge is 2.39. The molecule has 0 saturated carbocycles. The molecule has 2 aliphatic rings. The monoisotopic (exact) mass is 607 g/mol. The van der Waals surface area contributed by atoms with Crippen LogP contribution in [0.2, 0.25) is 0 Å². The van der Waals surface area contributed by atoms with Crippen molar-refractivity contribution in [3.8, 4) is 79.4 Å². The van der Waals surface area contributed by atoms with Gasteiger partial charge in [0.05, 0.1) is 0 Å². The lowest BCUT2D eigenvalue weighted by Gasteiger charge is -2.25. The van der Waals surface area contributed by atoms with Gasteiger partial charge in [0.1, 0.15) is 0 Å². The Morgan fingerprint density at radius 3 is 1.70 bits per heavy atom. The minimum Gasteiger partial charge on any atom is -0.449 e. The van der Waals surface area contributed by atoms with E-state index < -0.39 is 0 Å². The average Bonchev–Trinajstić information content (AvgIpc) is 3.37. The number of aromatic nitrogens is 3. The largest absolute Gasteiger partial charge is 0.449 e. The molecule has 2 heterocycles. The molecule has 0 saturated heterocycles. The lowest BCUT2D eigenvalue weighted by Crippen LogP contribution is -2.15. The van der Waals surface area contributed by atoms with Gasteiger partial charge in [-0.15, -0.1) is 0 Å². The number of rotatable bonds is 4. The van der Waals surface area contributed by atoms with Crippen molar-refractivity contribution in [2.75, 3.05) is 0 Å². The van der Waals surface area contributed by atoms with Crippen LogP contribution in [0.15, 0.2) is 140 Å². The van der Waals surface area contributed by atoms with E-state index in [4.69, 9.17) is 24.4 Å². The van der Waals surface area contributed by atoms with Gasteiger partial charge in [0, 0.05) is 27.7 Å². The van der Waals surface area contributed by atoms with Crippen LogP contribution in [0.4, 0.5) is 0 Å². The molecule has 0 N–H and O–H groups in total. The highest BCUT2D eigenvalue weighted by atomic mass is 16.6. The molecule has 0 atom stereocenters. The summed E-state index contributed by atoms with van der Waals surface area (Å²) in [6.07, 6.45) is 0. The van der Waals surface area contributed by atoms with E-state index in [1.54, 1.807) is 0 Å². The minimum atomic E-state index is -0.117. The smallest absolute Gasteiger partial charge is 0.178 e. The Kier molecular flexibility index (Phi) is 6.09. The first-order valence-electron chi connectivity index (χ1n) is 15.8. The van der Waals surface area contributed by atoms with Gasteiger partial charge in [-0.3, -0.25) is 0 Å². The van der Waals surface area contributed by atoms with Crippen LogP contribution in [0.3, 0.4) is 0 Å². The summed E-state index contributed by atoms with van der Waals surface area (Å²) in [5, 5.41) is 0. The van der Waals surface area contributed by atoms with Crippen molar-refractivity contribution in [3.05, 3.63) is 151 Å². The lowest BCUT2D eigenvalue weighted by molar-refractivity contribution is 0.360. The molecule has 0 fully saturated rings. The fraction of sp³-hybridized carbons (Fsp3) is 0.0714. The molecule has 1 aliphatic carbocycles. The zero-order chi connectivity index (χ0) is 31.5. The molecule has 5 nitrogen and oxygen atoms in total. The summed E-state index contributed by atoms with van der Waals surface area (Å²) in [7, 11) is 0. The summed E-state index contributed by atoms with van der Waals surface area (Å²) < 4.78 is 13.2. The lowest BCUT2D eigenvalue weighted by atomic mass is 9.82. The van der Waals surface area contributed by atoms with Crippen LogP contribution in [0, 0.1) is 0 Å². The SMILES string of the molecule is CC1(C)c2ccccc2-c2c1ccc1c2Oc2ccc(-c3ccccc3-c3nc(-c4ccccc4)nc(-c4ccccc4)n3)cc2O1. The van der Waals surface area contributed by atoms with Gasteiger partial charge < -0.3 is 9.47 Å². The average molecular weight is 608 g/mol. The second kappa shape index (κ2) is 10.5. The highest BCUT2D eigenvalue weighted by molar-refractivity contribution is 5.88. The Balaban J connectivity index is 1.13. The molecule has 1 aliphatic heterocycles. The van der Waals surface area contributed by atoms with Crippen LogP contribution in [-0.4, -0.2) is 15.0 Å². The first-order valence-corrected chi connectivity index (χ1v) is 15.8. The van der Waals surface area contributed by atoms with Crippen LogP contribution in [-0.2, 0) is 5.41 Å². The van der Waals surface area contributed by atoms with Gasteiger partial charge in [0.15, 0.2) is 40.5 Å². The first kappa shape index (κ1) is 27.3. The van der Waals surface area contributed by atoms with Crippen molar-refractivity contribution in [2.45, 2.75) is 19.3 Å². The van der Waals surface area contributed by atoms with Gasteiger partial charge >= 0.3 is 0 Å². The summed E-state index contributed by atoms with van der Waals surface area (Å²) in [5.74, 6) is 4.69. The third-order valence-corrected chi connectivity index (χ3v) is 9.22. The van der Waals surface area contributed by atoms with E-state index in [1.165, 1.54) is 16.7 Å². The fourth-order valence-corrected chi connectivity index (χ4v) is 6.85. The summed E-state index contributed by atoms with van der Waals surface area (Å²) >= 11 is 0. The van der Waals surface area contributed by atoms with Crippen molar-refractivity contribution < 1.29 is 9.47 Å². The molecular formula is C42H29N3O2. The summed E-state index contributed by atoms with van der Waals surface area (Å²) in [4.78, 5) is 14.8. The molecule has 0 spiro atoms. The second-order valence-corrected chi connectivity index (χ2v) is 12.4. The molecule has 9 rings (SSSR count). The normalized spacial score (nSPS) is 13.4. The number of benzene rings is 6. The minimum absolute atomic E-state index is 0.117. The van der Waals surface area contributed by atoms with E-state index in [-0.39, 0.29) is 5.41 Å². The van der Waals surface area contributed by atoms with Crippen LogP contribution in [0.5, 0.6) is 23.0 Å². The standard InChI is InChI=1S/C42H29N3O2/c1-42(2)32-20-12-11-19-31(32)37-33(42)22-24-35-38(37)47-34-23-21-28(25-36(34)46-35)29-17-9-10-18-30(29)41-44-39(26-13-5-3-6-14-26)43-40(45-41)27-15-7-4-8-16-27/h3-25H,1-2H3. The highest BCUT2D eigenvalue weighted by Crippen LogP contribution is 2.58. The van der Waals surface area contributed by atoms with E-state index in [1.807, 2.05) is 91.0 Å². The quantitative estimate of drug-likeness (QED) is 0.199. The molecule has 6 aromatic carbocycles. The van der Waals surface area contributed by atoms with Gasteiger partial charge in [0.25, 0.3) is 0 Å². The van der Waals surface area contributed by atoms with Crippen molar-refractivity contribution in [1.29, 1.82) is 0 Å². The van der Waals surface area contributed by atoms with E-state index >= 15 is 0 Å². The molecule has 224 valence electrons. The second-order valence-electron chi connectivity index (χ2n) is 12.4. The maximum atomic E-state index is 6.65. The molecule has 47 heavy (non-hydrogen) atoms. The summed E-state index contributed by atoms with van der Waals surface area (Å²) in [6.45, 7) is 4.53. The molecule has 7 aromatic rings. The van der Waals surface area contributed by atoms with Crippen LogP contribution in [0.25, 0.3) is 56.4 Å². The van der Waals surface area contributed by atoms with Crippen LogP contribution >= 0.6 is 0 Å². The maximum absolute atomic E-state index is 6.65.